The van der Waals surface area contributed by atoms with Crippen LogP contribution < -0.4 is 48.4 Å². The molecule has 1 aliphatic rings. The van der Waals surface area contributed by atoms with Crippen LogP contribution in [0.25, 0.3) is 0 Å². The Kier molecular flexibility index (Phi) is 28.7. The Morgan fingerprint density at radius 2 is 0.812 bits per heavy atom. The summed E-state index contributed by atoms with van der Waals surface area (Å²) in [6.07, 6.45) is 30.7. The summed E-state index contributed by atoms with van der Waals surface area (Å²) < 4.78 is 16.0. The summed E-state index contributed by atoms with van der Waals surface area (Å²) in [5.41, 5.74) is 3.85. The average Bonchev–Trinajstić information content (AvgIpc) is 3.27. The van der Waals surface area contributed by atoms with Crippen molar-refractivity contribution in [1.82, 2.24) is 5.32 Å². The second-order valence-electron chi connectivity index (χ2n) is 17.0. The maximum Gasteiger partial charge on any atom is 0.337 e. The lowest BCUT2D eigenvalue weighted by Crippen LogP contribution is -3.00. The van der Waals surface area contributed by atoms with Gasteiger partial charge in [-0.15, -0.1) is 0 Å². The molecule has 352 valence electrons. The summed E-state index contributed by atoms with van der Waals surface area (Å²) >= 11 is 0. The van der Waals surface area contributed by atoms with Crippen LogP contribution in [0.5, 0.6) is 0 Å². The highest BCUT2D eigenvalue weighted by Gasteiger charge is 2.42. The number of unbranched alkanes of at least 4 members (excludes halogenated alkanes) is 18. The molecule has 4 rings (SSSR count). The minimum Gasteiger partial charge on any atom is -1.00 e. The summed E-state index contributed by atoms with van der Waals surface area (Å²) in [6.45, 7) is 8.61. The number of dihydropyridines is 1. The van der Waals surface area contributed by atoms with E-state index in [9.17, 15) is 19.2 Å². The van der Waals surface area contributed by atoms with Gasteiger partial charge in [0.15, 0.2) is 49.4 Å². The number of rotatable bonds is 31. The van der Waals surface area contributed by atoms with E-state index < -0.39 is 17.9 Å². The number of hydrogen-bond acceptors (Lipinski definition) is 7. The van der Waals surface area contributed by atoms with Gasteiger partial charge in [-0.25, -0.2) is 9.59 Å². The van der Waals surface area contributed by atoms with E-state index >= 15 is 0 Å². The molecule has 2 aromatic heterocycles. The molecule has 0 saturated carbocycles. The number of nitrogens with zero attached hydrogens (tertiary/aromatic N) is 2. The molecule has 0 radical (unpaired) electrons. The quantitative estimate of drug-likeness (QED) is 0.0410. The third-order valence-corrected chi connectivity index (χ3v) is 11.8. The van der Waals surface area contributed by atoms with Crippen LogP contribution in [0.2, 0.25) is 0 Å². The first-order valence-corrected chi connectivity index (χ1v) is 23.9. The van der Waals surface area contributed by atoms with Gasteiger partial charge >= 0.3 is 11.9 Å². The monoisotopic (exact) mass is 1010 g/mol. The third-order valence-electron chi connectivity index (χ3n) is 11.8. The van der Waals surface area contributed by atoms with Crippen molar-refractivity contribution in [3.63, 3.8) is 0 Å². The van der Waals surface area contributed by atoms with Crippen LogP contribution in [0, 0.1) is 0 Å². The molecule has 0 unspecified atom stereocenters. The Balaban J connectivity index is 0.00000704. The molecule has 3 aromatic rings. The van der Waals surface area contributed by atoms with Crippen LogP contribution in [0.1, 0.15) is 188 Å². The van der Waals surface area contributed by atoms with Crippen molar-refractivity contribution < 1.29 is 71.7 Å². The van der Waals surface area contributed by atoms with Crippen molar-refractivity contribution in [2.75, 3.05) is 13.2 Å². The number of carbonyl (C=O) groups excluding carboxylic acids is 4. The average molecular weight is 1010 g/mol. The maximum atomic E-state index is 14.6. The molecule has 64 heavy (non-hydrogen) atoms. The summed E-state index contributed by atoms with van der Waals surface area (Å²) in [5, 5.41) is 3.55. The largest absolute Gasteiger partial charge is 1.00 e. The zero-order chi connectivity index (χ0) is 44.4. The van der Waals surface area contributed by atoms with Gasteiger partial charge in [0.05, 0.1) is 41.7 Å². The lowest BCUT2D eigenvalue weighted by Gasteiger charge is -2.31. The number of nitrogens with one attached hydrogen (secondary N) is 1. The van der Waals surface area contributed by atoms with Gasteiger partial charge in [-0.2, -0.15) is 9.13 Å². The molecule has 0 saturated heterocycles. The number of pyridine rings is 2. The molecule has 0 amide bonds. The molecule has 1 N–H and O–H groups in total. The van der Waals surface area contributed by atoms with Gasteiger partial charge in [-0.1, -0.05) is 160 Å². The summed E-state index contributed by atoms with van der Waals surface area (Å²) in [5.74, 6) is -1.80. The van der Waals surface area contributed by atoms with E-state index in [4.69, 9.17) is 9.47 Å². The van der Waals surface area contributed by atoms with Crippen LogP contribution in [0.15, 0.2) is 102 Å². The van der Waals surface area contributed by atoms with Gasteiger partial charge in [0.25, 0.3) is 0 Å². The topological polar surface area (TPSA) is 107 Å². The molecule has 0 atom stereocenters. The first-order valence-electron chi connectivity index (χ1n) is 23.9. The Morgan fingerprint density at radius 1 is 0.484 bits per heavy atom. The molecule has 3 heterocycles. The van der Waals surface area contributed by atoms with Gasteiger partial charge in [0.2, 0.25) is 0 Å². The summed E-state index contributed by atoms with van der Waals surface area (Å²) in [4.78, 5) is 53.5. The summed E-state index contributed by atoms with van der Waals surface area (Å²) in [7, 11) is 0. The molecule has 9 nitrogen and oxygen atoms in total. The van der Waals surface area contributed by atoms with Crippen molar-refractivity contribution in [1.29, 1.82) is 0 Å². The number of Topliss-reactive ketones (excluding diaryl/α,β-unsaturated/α-hetero) is 2. The van der Waals surface area contributed by atoms with Crippen molar-refractivity contribution in [2.24, 2.45) is 0 Å². The van der Waals surface area contributed by atoms with Gasteiger partial charge in [0.1, 0.15) is 0 Å². The fourth-order valence-corrected chi connectivity index (χ4v) is 8.14. The predicted molar refractivity (Wildman–Crippen MR) is 245 cm³/mol. The Hall–Kier alpha value is -3.96. The molecule has 0 spiro atoms. The van der Waals surface area contributed by atoms with Crippen molar-refractivity contribution in [2.45, 2.75) is 175 Å². The van der Waals surface area contributed by atoms with Crippen molar-refractivity contribution in [3.8, 4) is 0 Å². The lowest BCUT2D eigenvalue weighted by atomic mass is 9.80. The second kappa shape index (κ2) is 32.7. The van der Waals surface area contributed by atoms with Crippen LogP contribution in [-0.2, 0) is 32.2 Å². The fourth-order valence-electron chi connectivity index (χ4n) is 8.14. The van der Waals surface area contributed by atoms with Crippen LogP contribution >= 0.6 is 0 Å². The zero-order valence-electron chi connectivity index (χ0n) is 39.2. The predicted octanol–water partition coefficient (Wildman–Crippen LogP) is 5.20. The van der Waals surface area contributed by atoms with Gasteiger partial charge in [-0.3, -0.25) is 9.59 Å². The minimum absolute atomic E-state index is 0. The van der Waals surface area contributed by atoms with E-state index in [-0.39, 0.29) is 71.8 Å². The van der Waals surface area contributed by atoms with Gasteiger partial charge in [-0.05, 0) is 32.3 Å². The number of ketones is 2. The maximum absolute atomic E-state index is 14.6. The summed E-state index contributed by atoms with van der Waals surface area (Å²) in [6, 6.07) is 16.7. The number of aromatic nitrogens is 2. The van der Waals surface area contributed by atoms with Crippen LogP contribution in [0.3, 0.4) is 0 Å². The number of halogens is 2. The second-order valence-corrected chi connectivity index (χ2v) is 17.0. The van der Waals surface area contributed by atoms with E-state index in [0.29, 0.717) is 33.7 Å². The smallest absolute Gasteiger partial charge is 0.337 e. The van der Waals surface area contributed by atoms with Crippen LogP contribution in [0.4, 0.5) is 0 Å². The van der Waals surface area contributed by atoms with Crippen molar-refractivity contribution >= 4 is 23.5 Å². The molecule has 0 bridgehead atoms. The van der Waals surface area contributed by atoms with Gasteiger partial charge in [0, 0.05) is 35.4 Å². The Labute approximate surface area is 405 Å². The SMILES string of the molecule is CCCCCCCCCCCCOC(=O)C1=C(C[n+]2ccc(C(C)=O)cc2)NC(C[n+]2ccc(C(C)=O)cc2)=C(C(=O)OCCCCCCCCCCCC)C1c1ccccc1.[Br-].[Br-]. The number of allylic oxidation sites excluding steroid dienone is 2. The van der Waals surface area contributed by atoms with E-state index in [2.05, 4.69) is 19.2 Å². The Bertz CT molecular complexity index is 1780. The standard InChI is InChI=1S/C53H74N3O6.2BrH/c1-5-7-9-11-13-15-17-19-21-26-38-61-52(59)50-47(40-55-34-30-44(31-35-55)42(3)57)54-48(41-56-36-32-45(33-37-56)43(4)58)51(49(50)46-28-24-23-25-29-46)53(60)62-39-27-22-20-18-16-14-12-10-8-6-2;;/h23-25,28-37,49H,5-22,26-27,38-41H2,1-4H3;2*1H/q+1;;/p-1. The fraction of sp³-hybridized carbons (Fsp3) is 0.547. The number of esters is 2. The first kappa shape index (κ1) is 56.2. The minimum atomic E-state index is -0.781. The number of benzene rings is 1. The molecule has 0 fully saturated rings. The molecule has 1 aliphatic heterocycles. The molecule has 0 aliphatic carbocycles. The first-order chi connectivity index (χ1) is 30.2. The van der Waals surface area contributed by atoms with Crippen molar-refractivity contribution in [3.05, 3.63) is 119 Å². The number of carbonyl (C=O) groups is 4. The highest BCUT2D eigenvalue weighted by molar-refractivity contribution is 6.00. The highest BCUT2D eigenvalue weighted by atomic mass is 79.9. The number of hydrogen-bond donors (Lipinski definition) is 1. The molecular formula is C53H75Br2N3O6. The van der Waals surface area contributed by atoms with E-state index in [1.807, 2.05) is 64.3 Å². The molecular weight excluding hydrogens is 934 g/mol. The van der Waals surface area contributed by atoms with E-state index in [0.717, 1.165) is 44.1 Å². The lowest BCUT2D eigenvalue weighted by molar-refractivity contribution is -0.692. The third kappa shape index (κ3) is 19.6. The molecule has 1 aromatic carbocycles. The highest BCUT2D eigenvalue weighted by Crippen LogP contribution is 2.40. The number of ether oxygens (including phenoxy) is 2. The van der Waals surface area contributed by atoms with E-state index in [1.165, 1.54) is 104 Å². The molecule has 11 heteroatoms. The zero-order valence-corrected chi connectivity index (χ0v) is 42.3. The van der Waals surface area contributed by atoms with Gasteiger partial charge < -0.3 is 48.8 Å². The normalized spacial score (nSPS) is 12.6. The van der Waals surface area contributed by atoms with Crippen LogP contribution in [-0.4, -0.2) is 36.7 Å². The Morgan fingerprint density at radius 3 is 1.14 bits per heavy atom. The van der Waals surface area contributed by atoms with E-state index in [1.54, 1.807) is 24.3 Å².